The summed E-state index contributed by atoms with van der Waals surface area (Å²) in [6.45, 7) is 3.25. The largest absolute Gasteiger partial charge is 0.370 e. The normalized spacial score (nSPS) is 14.4. The number of nitrogens with one attached hydrogen (secondary N) is 2. The molecule has 0 spiro atoms. The van der Waals surface area contributed by atoms with Crippen LogP contribution >= 0.6 is 0 Å². The minimum Gasteiger partial charge on any atom is -0.370 e. The van der Waals surface area contributed by atoms with Crippen molar-refractivity contribution in [3.05, 3.63) is 76.5 Å². The Morgan fingerprint density at radius 3 is 2.35 bits per heavy atom. The molecule has 0 unspecified atom stereocenters. The second-order valence-electron chi connectivity index (χ2n) is 7.75. The van der Waals surface area contributed by atoms with Gasteiger partial charge in [0.05, 0.1) is 17.1 Å². The van der Waals surface area contributed by atoms with Crippen molar-refractivity contribution < 1.29 is 9.59 Å². The molecule has 2 amide bonds. The highest BCUT2D eigenvalue weighted by Crippen LogP contribution is 2.30. The van der Waals surface area contributed by atoms with Gasteiger partial charge in [-0.15, -0.1) is 0 Å². The first-order valence-corrected chi connectivity index (χ1v) is 10.3. The van der Waals surface area contributed by atoms with E-state index in [1.807, 2.05) is 31.2 Å². The van der Waals surface area contributed by atoms with Crippen LogP contribution in [0.15, 0.2) is 59.5 Å². The fourth-order valence-electron chi connectivity index (χ4n) is 3.99. The third-order valence-electron chi connectivity index (χ3n) is 5.74. The minimum absolute atomic E-state index is 0.0901. The molecule has 2 aromatic carbocycles. The second kappa shape index (κ2) is 8.51. The smallest absolute Gasteiger partial charge is 0.330 e. The first-order chi connectivity index (χ1) is 14.9. The third-order valence-corrected chi connectivity index (χ3v) is 5.74. The number of imidazole rings is 1. The molecule has 2 heterocycles. The lowest BCUT2D eigenvalue weighted by Crippen LogP contribution is -2.38. The lowest BCUT2D eigenvalue weighted by Gasteiger charge is -2.33. The predicted molar refractivity (Wildman–Crippen MR) is 120 cm³/mol. The van der Waals surface area contributed by atoms with Gasteiger partial charge in [-0.1, -0.05) is 12.1 Å². The fourth-order valence-corrected chi connectivity index (χ4v) is 3.99. The van der Waals surface area contributed by atoms with Gasteiger partial charge < -0.3 is 20.9 Å². The quantitative estimate of drug-likeness (QED) is 0.589. The van der Waals surface area contributed by atoms with Crippen LogP contribution in [-0.2, 0) is 4.79 Å². The molecule has 0 radical (unpaired) electrons. The molecular formula is C23H25N5O3. The highest BCUT2D eigenvalue weighted by Gasteiger charge is 2.24. The Hall–Kier alpha value is -3.81. The standard InChI is InChI=1S/C23H25N5O3/c1-15-14-25-23(31)28(15)18-8-6-17(7-9-18)22(30)26-19-4-2-3-5-20(19)27-12-10-16(11-13-27)21(24)29/h2-9,14,16H,10-13H2,1H3,(H2,24,29)(H,25,31)(H,26,30). The van der Waals surface area contributed by atoms with Crippen LogP contribution in [0.5, 0.6) is 0 Å². The number of para-hydroxylation sites is 2. The van der Waals surface area contributed by atoms with E-state index in [1.54, 1.807) is 35.0 Å². The van der Waals surface area contributed by atoms with E-state index in [9.17, 15) is 14.4 Å². The number of anilines is 2. The molecule has 1 fully saturated rings. The Kier molecular flexibility index (Phi) is 5.62. The average Bonchev–Trinajstić information content (AvgIpc) is 3.12. The van der Waals surface area contributed by atoms with E-state index >= 15 is 0 Å². The van der Waals surface area contributed by atoms with Gasteiger partial charge in [0.1, 0.15) is 0 Å². The van der Waals surface area contributed by atoms with Crippen molar-refractivity contribution in [2.24, 2.45) is 11.7 Å². The van der Waals surface area contributed by atoms with Gasteiger partial charge in [0, 0.05) is 36.5 Å². The molecule has 4 N–H and O–H groups in total. The Balaban J connectivity index is 1.49. The molecule has 0 saturated carbocycles. The topological polar surface area (TPSA) is 113 Å². The Bertz CT molecular complexity index is 1150. The van der Waals surface area contributed by atoms with Crippen LogP contribution in [0.2, 0.25) is 0 Å². The van der Waals surface area contributed by atoms with Gasteiger partial charge in [-0.3, -0.25) is 14.2 Å². The monoisotopic (exact) mass is 419 g/mol. The van der Waals surface area contributed by atoms with Crippen LogP contribution in [0.4, 0.5) is 11.4 Å². The van der Waals surface area contributed by atoms with Crippen LogP contribution in [0.3, 0.4) is 0 Å². The first-order valence-electron chi connectivity index (χ1n) is 10.3. The zero-order valence-electron chi connectivity index (χ0n) is 17.3. The number of nitrogens with two attached hydrogens (primary N) is 1. The van der Waals surface area contributed by atoms with Crippen molar-refractivity contribution in [3.63, 3.8) is 0 Å². The molecule has 4 rings (SSSR count). The summed E-state index contributed by atoms with van der Waals surface area (Å²) in [4.78, 5) is 41.0. The molecule has 1 aliphatic rings. The van der Waals surface area contributed by atoms with Gasteiger partial charge in [-0.25, -0.2) is 4.79 Å². The van der Waals surface area contributed by atoms with E-state index < -0.39 is 0 Å². The maximum Gasteiger partial charge on any atom is 0.330 e. The Morgan fingerprint density at radius 1 is 1.06 bits per heavy atom. The molecular weight excluding hydrogens is 394 g/mol. The van der Waals surface area contributed by atoms with Gasteiger partial charge in [0.15, 0.2) is 0 Å². The molecule has 8 nitrogen and oxygen atoms in total. The summed E-state index contributed by atoms with van der Waals surface area (Å²) in [5.41, 5.74) is 8.83. The van der Waals surface area contributed by atoms with Gasteiger partial charge >= 0.3 is 5.69 Å². The van der Waals surface area contributed by atoms with Crippen molar-refractivity contribution in [3.8, 4) is 5.69 Å². The number of hydrogen-bond donors (Lipinski definition) is 3. The molecule has 0 aliphatic carbocycles. The highest BCUT2D eigenvalue weighted by atomic mass is 16.2. The summed E-state index contributed by atoms with van der Waals surface area (Å²) >= 11 is 0. The summed E-state index contributed by atoms with van der Waals surface area (Å²) in [5, 5.41) is 2.99. The molecule has 3 aromatic rings. The molecule has 31 heavy (non-hydrogen) atoms. The van der Waals surface area contributed by atoms with Crippen LogP contribution in [0, 0.1) is 12.8 Å². The number of benzene rings is 2. The summed E-state index contributed by atoms with van der Waals surface area (Å²) in [6, 6.07) is 14.5. The maximum absolute atomic E-state index is 12.9. The molecule has 8 heteroatoms. The van der Waals surface area contributed by atoms with Gasteiger partial charge in [0.25, 0.3) is 5.91 Å². The van der Waals surface area contributed by atoms with Crippen LogP contribution < -0.4 is 21.6 Å². The maximum atomic E-state index is 12.9. The number of aromatic amines is 1. The molecule has 0 bridgehead atoms. The van der Waals surface area contributed by atoms with E-state index in [-0.39, 0.29) is 23.4 Å². The van der Waals surface area contributed by atoms with Crippen molar-refractivity contribution in [2.75, 3.05) is 23.3 Å². The van der Waals surface area contributed by atoms with E-state index in [1.165, 1.54) is 0 Å². The number of primary amides is 1. The van der Waals surface area contributed by atoms with Crippen LogP contribution in [-0.4, -0.2) is 34.5 Å². The molecule has 1 aliphatic heterocycles. The van der Waals surface area contributed by atoms with Crippen molar-refractivity contribution >= 4 is 23.2 Å². The summed E-state index contributed by atoms with van der Waals surface area (Å²) < 4.78 is 1.55. The Labute approximate surface area is 179 Å². The zero-order valence-corrected chi connectivity index (χ0v) is 17.3. The summed E-state index contributed by atoms with van der Waals surface area (Å²) in [5.74, 6) is -0.571. The number of hydrogen-bond acceptors (Lipinski definition) is 4. The Morgan fingerprint density at radius 2 is 1.74 bits per heavy atom. The zero-order chi connectivity index (χ0) is 22.0. The van der Waals surface area contributed by atoms with E-state index in [2.05, 4.69) is 15.2 Å². The third kappa shape index (κ3) is 4.23. The van der Waals surface area contributed by atoms with Crippen molar-refractivity contribution in [2.45, 2.75) is 19.8 Å². The fraction of sp³-hybridized carbons (Fsp3) is 0.261. The number of piperidine rings is 1. The van der Waals surface area contributed by atoms with Crippen molar-refractivity contribution in [1.82, 2.24) is 9.55 Å². The first kappa shape index (κ1) is 20.5. The summed E-state index contributed by atoms with van der Waals surface area (Å²) in [6.07, 6.45) is 3.06. The number of carbonyl (C=O) groups is 2. The van der Waals surface area contributed by atoms with E-state index in [0.29, 0.717) is 42.9 Å². The molecule has 160 valence electrons. The number of H-pyrrole nitrogens is 1. The lowest BCUT2D eigenvalue weighted by molar-refractivity contribution is -0.122. The number of carbonyl (C=O) groups excluding carboxylic acids is 2. The SMILES string of the molecule is Cc1c[nH]c(=O)n1-c1ccc(C(=O)Nc2ccccc2N2CCC(C(N)=O)CC2)cc1. The average molecular weight is 419 g/mol. The molecule has 0 atom stereocenters. The number of rotatable bonds is 5. The van der Waals surface area contributed by atoms with Gasteiger partial charge in [-0.2, -0.15) is 0 Å². The van der Waals surface area contributed by atoms with Gasteiger partial charge in [-0.05, 0) is 56.2 Å². The minimum atomic E-state index is -0.248. The number of amides is 2. The molecule has 1 aromatic heterocycles. The van der Waals surface area contributed by atoms with Crippen LogP contribution in [0.25, 0.3) is 5.69 Å². The number of aryl methyl sites for hydroxylation is 1. The predicted octanol–water partition coefficient (Wildman–Crippen LogP) is 2.43. The summed E-state index contributed by atoms with van der Waals surface area (Å²) in [7, 11) is 0. The lowest BCUT2D eigenvalue weighted by atomic mass is 9.96. The highest BCUT2D eigenvalue weighted by molar-refractivity contribution is 6.06. The molecule has 1 saturated heterocycles. The number of aromatic nitrogens is 2. The second-order valence-corrected chi connectivity index (χ2v) is 7.75. The van der Waals surface area contributed by atoms with E-state index in [0.717, 1.165) is 11.4 Å². The van der Waals surface area contributed by atoms with Crippen molar-refractivity contribution in [1.29, 1.82) is 0 Å². The number of nitrogens with zero attached hydrogens (tertiary/aromatic N) is 2. The van der Waals surface area contributed by atoms with Gasteiger partial charge in [0.2, 0.25) is 5.91 Å². The van der Waals surface area contributed by atoms with Crippen LogP contribution in [0.1, 0.15) is 28.9 Å². The van der Waals surface area contributed by atoms with E-state index in [4.69, 9.17) is 5.73 Å².